The van der Waals surface area contributed by atoms with Crippen LogP contribution in [0.2, 0.25) is 0 Å². The molecule has 36 heavy (non-hydrogen) atoms. The first-order chi connectivity index (χ1) is 17.6. The Morgan fingerprint density at radius 3 is 2.75 bits per heavy atom. The molecule has 0 bridgehead atoms. The monoisotopic (exact) mass is 485 g/mol. The van der Waals surface area contributed by atoms with Gasteiger partial charge in [0.25, 0.3) is 0 Å². The van der Waals surface area contributed by atoms with E-state index in [4.69, 9.17) is 4.74 Å². The summed E-state index contributed by atoms with van der Waals surface area (Å²) in [6.45, 7) is 0.412. The minimum atomic E-state index is -0.752. The summed E-state index contributed by atoms with van der Waals surface area (Å²) in [6, 6.07) is 15.5. The molecule has 2 N–H and O–H groups in total. The SMILES string of the molecule is Cn1nnc(-c2ccc(O[C@H]3CCCC(C(=O)O)C3)cn2)c1CNc1nccc(-c2ccccc2)n1. The molecule has 10 nitrogen and oxygen atoms in total. The third-order valence-corrected chi connectivity index (χ3v) is 6.34. The Balaban J connectivity index is 1.26. The van der Waals surface area contributed by atoms with Crippen LogP contribution in [0.3, 0.4) is 0 Å². The number of carbonyl (C=O) groups is 1. The second-order valence-corrected chi connectivity index (χ2v) is 8.81. The Kier molecular flexibility index (Phi) is 6.83. The molecule has 184 valence electrons. The van der Waals surface area contributed by atoms with Crippen LogP contribution < -0.4 is 10.1 Å². The van der Waals surface area contributed by atoms with Gasteiger partial charge in [-0.25, -0.2) is 14.6 Å². The lowest BCUT2D eigenvalue weighted by atomic mass is 9.87. The van der Waals surface area contributed by atoms with E-state index in [1.807, 2.05) is 55.6 Å². The van der Waals surface area contributed by atoms with Crippen molar-refractivity contribution in [1.82, 2.24) is 29.9 Å². The van der Waals surface area contributed by atoms with Crippen LogP contribution in [-0.2, 0) is 18.4 Å². The van der Waals surface area contributed by atoms with Crippen LogP contribution in [0.1, 0.15) is 31.4 Å². The van der Waals surface area contributed by atoms with Crippen molar-refractivity contribution in [2.75, 3.05) is 5.32 Å². The van der Waals surface area contributed by atoms with Crippen molar-refractivity contribution >= 4 is 11.9 Å². The minimum absolute atomic E-state index is 0.115. The van der Waals surface area contributed by atoms with E-state index in [1.165, 1.54) is 0 Å². The Morgan fingerprint density at radius 2 is 1.97 bits per heavy atom. The summed E-state index contributed by atoms with van der Waals surface area (Å²) >= 11 is 0. The highest BCUT2D eigenvalue weighted by Crippen LogP contribution is 2.29. The van der Waals surface area contributed by atoms with Crippen LogP contribution in [0.4, 0.5) is 5.95 Å². The summed E-state index contributed by atoms with van der Waals surface area (Å²) in [7, 11) is 1.83. The number of aryl methyl sites for hydroxylation is 1. The van der Waals surface area contributed by atoms with Crippen molar-refractivity contribution in [3.05, 3.63) is 66.6 Å². The van der Waals surface area contributed by atoms with E-state index in [-0.39, 0.29) is 12.0 Å². The average Bonchev–Trinajstić information content (AvgIpc) is 3.29. The lowest BCUT2D eigenvalue weighted by Gasteiger charge is -2.27. The molecule has 1 aliphatic rings. The van der Waals surface area contributed by atoms with E-state index < -0.39 is 5.97 Å². The maximum absolute atomic E-state index is 11.3. The van der Waals surface area contributed by atoms with Crippen LogP contribution >= 0.6 is 0 Å². The molecule has 1 fully saturated rings. The van der Waals surface area contributed by atoms with Gasteiger partial charge in [0, 0.05) is 18.8 Å². The third-order valence-electron chi connectivity index (χ3n) is 6.34. The summed E-state index contributed by atoms with van der Waals surface area (Å²) in [5, 5.41) is 21.0. The number of aliphatic carboxylic acids is 1. The number of benzene rings is 1. The van der Waals surface area contributed by atoms with Gasteiger partial charge in [0.15, 0.2) is 0 Å². The molecule has 0 radical (unpaired) electrons. The number of carboxylic acid groups (broad SMARTS) is 1. The average molecular weight is 486 g/mol. The number of ether oxygens (including phenoxy) is 1. The zero-order valence-electron chi connectivity index (χ0n) is 19.9. The van der Waals surface area contributed by atoms with Crippen molar-refractivity contribution in [3.8, 4) is 28.4 Å². The van der Waals surface area contributed by atoms with Gasteiger partial charge >= 0.3 is 5.97 Å². The molecule has 0 spiro atoms. The molecule has 1 aliphatic carbocycles. The number of rotatable bonds is 8. The molecule has 10 heteroatoms. The Hall–Kier alpha value is -4.34. The molecule has 1 saturated carbocycles. The second kappa shape index (κ2) is 10.5. The third kappa shape index (κ3) is 5.32. The molecule has 0 amide bonds. The van der Waals surface area contributed by atoms with Crippen LogP contribution in [-0.4, -0.2) is 47.1 Å². The van der Waals surface area contributed by atoms with Gasteiger partial charge in [-0.1, -0.05) is 35.5 Å². The number of carboxylic acids is 1. The van der Waals surface area contributed by atoms with E-state index in [0.29, 0.717) is 42.5 Å². The molecular weight excluding hydrogens is 458 g/mol. The molecular formula is C26H27N7O3. The molecule has 5 rings (SSSR count). The Labute approximate surface area is 208 Å². The number of pyridine rings is 1. The molecule has 1 unspecified atom stereocenters. The van der Waals surface area contributed by atoms with E-state index in [1.54, 1.807) is 17.1 Å². The lowest BCUT2D eigenvalue weighted by molar-refractivity contribution is -0.143. The number of aromatic nitrogens is 6. The zero-order chi connectivity index (χ0) is 24.9. The van der Waals surface area contributed by atoms with Crippen LogP contribution in [0.15, 0.2) is 60.9 Å². The molecule has 0 aliphatic heterocycles. The fourth-order valence-electron chi connectivity index (χ4n) is 4.41. The lowest BCUT2D eigenvalue weighted by Crippen LogP contribution is -2.29. The van der Waals surface area contributed by atoms with Crippen molar-refractivity contribution in [2.24, 2.45) is 13.0 Å². The van der Waals surface area contributed by atoms with Gasteiger partial charge in [-0.15, -0.1) is 5.10 Å². The van der Waals surface area contributed by atoms with Crippen molar-refractivity contribution < 1.29 is 14.6 Å². The standard InChI is InChI=1S/C26H27N7O3/c1-33-23(16-29-26-27-13-12-21(30-26)17-6-3-2-4-7-17)24(31-32-33)22-11-10-20(15-28-22)36-19-9-5-8-18(14-19)25(34)35/h2-4,6-7,10-13,15,18-19H,5,8-9,14,16H2,1H3,(H,34,35)(H,27,29,30)/t18?,19-/m0/s1. The molecule has 3 aromatic heterocycles. The maximum atomic E-state index is 11.3. The second-order valence-electron chi connectivity index (χ2n) is 8.81. The van der Waals surface area contributed by atoms with Gasteiger partial charge in [-0.2, -0.15) is 0 Å². The van der Waals surface area contributed by atoms with Crippen molar-refractivity contribution in [2.45, 2.75) is 38.3 Å². The largest absolute Gasteiger partial charge is 0.489 e. The molecule has 0 saturated heterocycles. The number of hydrogen-bond donors (Lipinski definition) is 2. The van der Waals surface area contributed by atoms with Gasteiger partial charge in [0.05, 0.1) is 41.8 Å². The van der Waals surface area contributed by atoms with E-state index >= 15 is 0 Å². The molecule has 4 aromatic rings. The smallest absolute Gasteiger partial charge is 0.306 e. The van der Waals surface area contributed by atoms with Crippen LogP contribution in [0.5, 0.6) is 5.75 Å². The quantitative estimate of drug-likeness (QED) is 0.381. The fraction of sp³-hybridized carbons (Fsp3) is 0.308. The summed E-state index contributed by atoms with van der Waals surface area (Å²) in [6.07, 6.45) is 6.18. The molecule has 2 atom stereocenters. The summed E-state index contributed by atoms with van der Waals surface area (Å²) < 4.78 is 7.72. The van der Waals surface area contributed by atoms with Gasteiger partial charge in [0.1, 0.15) is 11.4 Å². The maximum Gasteiger partial charge on any atom is 0.306 e. The Bertz CT molecular complexity index is 1330. The first kappa shape index (κ1) is 23.4. The highest BCUT2D eigenvalue weighted by molar-refractivity contribution is 5.70. The molecule has 3 heterocycles. The first-order valence-electron chi connectivity index (χ1n) is 11.9. The van der Waals surface area contributed by atoms with Gasteiger partial charge in [-0.3, -0.25) is 9.78 Å². The van der Waals surface area contributed by atoms with E-state index in [9.17, 15) is 9.90 Å². The minimum Gasteiger partial charge on any atom is -0.489 e. The van der Waals surface area contributed by atoms with Crippen molar-refractivity contribution in [1.29, 1.82) is 0 Å². The topological polar surface area (TPSA) is 128 Å². The van der Waals surface area contributed by atoms with Gasteiger partial charge in [-0.05, 0) is 43.9 Å². The predicted molar refractivity (Wildman–Crippen MR) is 133 cm³/mol. The van der Waals surface area contributed by atoms with Crippen LogP contribution in [0, 0.1) is 5.92 Å². The number of hydrogen-bond acceptors (Lipinski definition) is 8. The van der Waals surface area contributed by atoms with Gasteiger partial charge < -0.3 is 15.2 Å². The highest BCUT2D eigenvalue weighted by atomic mass is 16.5. The number of anilines is 1. The molecule has 1 aromatic carbocycles. The zero-order valence-corrected chi connectivity index (χ0v) is 19.9. The highest BCUT2D eigenvalue weighted by Gasteiger charge is 2.28. The van der Waals surface area contributed by atoms with Crippen molar-refractivity contribution in [3.63, 3.8) is 0 Å². The summed E-state index contributed by atoms with van der Waals surface area (Å²) in [4.78, 5) is 24.8. The fourth-order valence-corrected chi connectivity index (χ4v) is 4.41. The van der Waals surface area contributed by atoms with E-state index in [0.717, 1.165) is 29.8 Å². The Morgan fingerprint density at radius 1 is 1.11 bits per heavy atom. The van der Waals surface area contributed by atoms with Crippen LogP contribution in [0.25, 0.3) is 22.6 Å². The van der Waals surface area contributed by atoms with Gasteiger partial charge in [0.2, 0.25) is 5.95 Å². The number of nitrogens with zero attached hydrogens (tertiary/aromatic N) is 6. The summed E-state index contributed by atoms with van der Waals surface area (Å²) in [5.74, 6) is 0.0256. The number of nitrogens with one attached hydrogen (secondary N) is 1. The first-order valence-corrected chi connectivity index (χ1v) is 11.9. The van der Waals surface area contributed by atoms with E-state index in [2.05, 4.69) is 30.6 Å². The predicted octanol–water partition coefficient (Wildman–Crippen LogP) is 3.97. The summed E-state index contributed by atoms with van der Waals surface area (Å²) in [5.41, 5.74) is 4.00. The normalized spacial score (nSPS) is 17.5.